The number of nitrogens with one attached hydrogen (secondary N) is 1. The van der Waals surface area contributed by atoms with Crippen LogP contribution in [0.25, 0.3) is 0 Å². The maximum Gasteiger partial charge on any atom is 0.243 e. The van der Waals surface area contributed by atoms with Crippen molar-refractivity contribution >= 4 is 15.9 Å². The summed E-state index contributed by atoms with van der Waals surface area (Å²) in [5, 5.41) is 3.42. The van der Waals surface area contributed by atoms with Crippen molar-refractivity contribution in [1.82, 2.24) is 9.62 Å². The third-order valence-corrected chi connectivity index (χ3v) is 7.70. The van der Waals surface area contributed by atoms with Crippen LogP contribution in [0.1, 0.15) is 40.0 Å². The molecule has 2 aliphatic rings. The fraction of sp³-hybridized carbons (Fsp3) is 0.650. The molecule has 1 heterocycles. The van der Waals surface area contributed by atoms with Crippen molar-refractivity contribution in [3.05, 3.63) is 30.1 Å². The molecule has 1 aromatic rings. The lowest BCUT2D eigenvalue weighted by Crippen LogP contribution is -2.50. The van der Waals surface area contributed by atoms with Gasteiger partial charge in [-0.05, 0) is 60.8 Å². The number of nitrogens with two attached hydrogens (primary N) is 1. The Hall–Kier alpha value is -1.51. The van der Waals surface area contributed by atoms with E-state index in [1.54, 1.807) is 0 Å². The molecule has 1 amide bonds. The van der Waals surface area contributed by atoms with Gasteiger partial charge in [-0.25, -0.2) is 12.8 Å². The molecule has 1 aliphatic heterocycles. The molecule has 0 radical (unpaired) electrons. The van der Waals surface area contributed by atoms with Crippen LogP contribution in [-0.4, -0.2) is 43.8 Å². The van der Waals surface area contributed by atoms with Gasteiger partial charge >= 0.3 is 0 Å². The van der Waals surface area contributed by atoms with E-state index < -0.39 is 21.9 Å². The molecule has 156 valence electrons. The van der Waals surface area contributed by atoms with E-state index in [0.717, 1.165) is 25.0 Å². The minimum atomic E-state index is -3.65. The second kappa shape index (κ2) is 7.72. The standard InChI is InChI=1S/C20H30FN3O3S/c1-20(2,3)10-18(19(22)25)23-17-9-4-13-11-24(12-16(13)17)28(26,27)15-7-5-14(21)6-8-15/h5-8,13,16-18,23H,4,9-12H2,1-3H3,(H2,22,25)/t13-,16+,17+,18+/m1/s1. The summed E-state index contributed by atoms with van der Waals surface area (Å²) in [7, 11) is -3.65. The predicted octanol–water partition coefficient (Wildman–Crippen LogP) is 2.10. The zero-order valence-electron chi connectivity index (χ0n) is 16.7. The minimum absolute atomic E-state index is 0.0433. The van der Waals surface area contributed by atoms with Crippen molar-refractivity contribution < 1.29 is 17.6 Å². The van der Waals surface area contributed by atoms with E-state index in [1.165, 1.54) is 16.4 Å². The number of carbonyl (C=O) groups is 1. The molecule has 1 aromatic carbocycles. The van der Waals surface area contributed by atoms with Crippen molar-refractivity contribution in [2.24, 2.45) is 23.0 Å². The molecule has 1 saturated heterocycles. The smallest absolute Gasteiger partial charge is 0.243 e. The van der Waals surface area contributed by atoms with Crippen molar-refractivity contribution in [2.75, 3.05) is 13.1 Å². The first kappa shape index (κ1) is 21.2. The van der Waals surface area contributed by atoms with Crippen LogP contribution in [0.5, 0.6) is 0 Å². The van der Waals surface area contributed by atoms with Crippen LogP contribution in [0.2, 0.25) is 0 Å². The third-order valence-electron chi connectivity index (χ3n) is 5.85. The maximum absolute atomic E-state index is 13.1. The van der Waals surface area contributed by atoms with Gasteiger partial charge in [0.15, 0.2) is 0 Å². The van der Waals surface area contributed by atoms with Gasteiger partial charge in [-0.3, -0.25) is 4.79 Å². The molecule has 1 saturated carbocycles. The zero-order chi connectivity index (χ0) is 20.7. The fourth-order valence-electron chi connectivity index (χ4n) is 4.50. The number of benzene rings is 1. The number of hydrogen-bond donors (Lipinski definition) is 2. The maximum atomic E-state index is 13.1. The Morgan fingerprint density at radius 2 is 1.89 bits per heavy atom. The molecule has 3 N–H and O–H groups in total. The second-order valence-corrected chi connectivity index (χ2v) is 11.2. The molecule has 0 unspecified atom stereocenters. The molecule has 6 nitrogen and oxygen atoms in total. The van der Waals surface area contributed by atoms with E-state index >= 15 is 0 Å². The molecule has 1 aliphatic carbocycles. The normalized spacial score (nSPS) is 26.9. The number of nitrogens with zero attached hydrogens (tertiary/aromatic N) is 1. The van der Waals surface area contributed by atoms with E-state index in [4.69, 9.17) is 5.73 Å². The highest BCUT2D eigenvalue weighted by atomic mass is 32.2. The van der Waals surface area contributed by atoms with Crippen LogP contribution in [0.4, 0.5) is 4.39 Å². The first-order chi connectivity index (χ1) is 13.0. The Kier molecular flexibility index (Phi) is 5.85. The highest BCUT2D eigenvalue weighted by molar-refractivity contribution is 7.89. The fourth-order valence-corrected chi connectivity index (χ4v) is 6.03. The first-order valence-electron chi connectivity index (χ1n) is 9.78. The third kappa shape index (κ3) is 4.55. The van der Waals surface area contributed by atoms with Crippen LogP contribution in [0.3, 0.4) is 0 Å². The number of carbonyl (C=O) groups excluding carboxylic acids is 1. The van der Waals surface area contributed by atoms with Gasteiger partial charge in [-0.2, -0.15) is 4.31 Å². The summed E-state index contributed by atoms with van der Waals surface area (Å²) in [5.74, 6) is -0.419. The average Bonchev–Trinajstić information content (AvgIpc) is 3.15. The van der Waals surface area contributed by atoms with Crippen molar-refractivity contribution in [2.45, 2.75) is 57.0 Å². The number of sulfonamides is 1. The molecule has 0 bridgehead atoms. The number of halogens is 1. The Morgan fingerprint density at radius 1 is 1.25 bits per heavy atom. The lowest BCUT2D eigenvalue weighted by Gasteiger charge is -2.29. The monoisotopic (exact) mass is 411 g/mol. The number of rotatable bonds is 6. The van der Waals surface area contributed by atoms with Crippen LogP contribution in [-0.2, 0) is 14.8 Å². The Morgan fingerprint density at radius 3 is 2.46 bits per heavy atom. The average molecular weight is 412 g/mol. The first-order valence-corrected chi connectivity index (χ1v) is 11.2. The molecule has 8 heteroatoms. The predicted molar refractivity (Wildman–Crippen MR) is 105 cm³/mol. The summed E-state index contributed by atoms with van der Waals surface area (Å²) < 4.78 is 40.5. The summed E-state index contributed by atoms with van der Waals surface area (Å²) in [6.45, 7) is 7.06. The molecule has 4 atom stereocenters. The van der Waals surface area contributed by atoms with E-state index in [0.29, 0.717) is 19.5 Å². The summed E-state index contributed by atoms with van der Waals surface area (Å²) in [6, 6.07) is 4.59. The summed E-state index contributed by atoms with van der Waals surface area (Å²) >= 11 is 0. The topological polar surface area (TPSA) is 92.5 Å². The van der Waals surface area contributed by atoms with E-state index in [-0.39, 0.29) is 34.1 Å². The van der Waals surface area contributed by atoms with Gasteiger partial charge in [0.05, 0.1) is 10.9 Å². The minimum Gasteiger partial charge on any atom is -0.368 e. The van der Waals surface area contributed by atoms with Gasteiger partial charge in [0.2, 0.25) is 15.9 Å². The van der Waals surface area contributed by atoms with Gasteiger partial charge in [0, 0.05) is 19.1 Å². The van der Waals surface area contributed by atoms with E-state index in [1.807, 2.05) is 0 Å². The summed E-state index contributed by atoms with van der Waals surface area (Å²) in [4.78, 5) is 12.0. The molecule has 28 heavy (non-hydrogen) atoms. The van der Waals surface area contributed by atoms with Crippen molar-refractivity contribution in [1.29, 1.82) is 0 Å². The van der Waals surface area contributed by atoms with Crippen LogP contribution < -0.4 is 11.1 Å². The van der Waals surface area contributed by atoms with Crippen molar-refractivity contribution in [3.63, 3.8) is 0 Å². The van der Waals surface area contributed by atoms with Gasteiger partial charge < -0.3 is 11.1 Å². The molecule has 2 fully saturated rings. The molecule has 0 aromatic heterocycles. The highest BCUT2D eigenvalue weighted by Crippen LogP contribution is 2.40. The van der Waals surface area contributed by atoms with Crippen LogP contribution >= 0.6 is 0 Å². The molecule has 3 rings (SSSR count). The van der Waals surface area contributed by atoms with E-state index in [9.17, 15) is 17.6 Å². The summed E-state index contributed by atoms with van der Waals surface area (Å²) in [6.07, 6.45) is 2.46. The Labute approximate surface area is 166 Å². The van der Waals surface area contributed by atoms with Gasteiger partial charge in [0.1, 0.15) is 5.82 Å². The largest absolute Gasteiger partial charge is 0.368 e. The molecular weight excluding hydrogens is 381 g/mol. The number of hydrogen-bond acceptors (Lipinski definition) is 4. The van der Waals surface area contributed by atoms with E-state index in [2.05, 4.69) is 26.1 Å². The quantitative estimate of drug-likeness (QED) is 0.750. The van der Waals surface area contributed by atoms with Crippen LogP contribution in [0, 0.1) is 23.1 Å². The lowest BCUT2D eigenvalue weighted by molar-refractivity contribution is -0.121. The number of fused-ring (bicyclic) bond motifs is 1. The van der Waals surface area contributed by atoms with Gasteiger partial charge in [-0.15, -0.1) is 0 Å². The Balaban J connectivity index is 1.71. The summed E-state index contributed by atoms with van der Waals surface area (Å²) in [5.41, 5.74) is 5.56. The van der Waals surface area contributed by atoms with Gasteiger partial charge in [0.25, 0.3) is 0 Å². The highest BCUT2D eigenvalue weighted by Gasteiger charge is 2.47. The molecular formula is C20H30FN3O3S. The Bertz CT molecular complexity index is 820. The SMILES string of the molecule is CC(C)(C)C[C@H](N[C@H]1CC[C@@H]2CN(S(=O)(=O)c3ccc(F)cc3)C[C@@H]21)C(N)=O. The number of primary amides is 1. The second-order valence-electron chi connectivity index (χ2n) is 9.27. The van der Waals surface area contributed by atoms with Crippen molar-refractivity contribution in [3.8, 4) is 0 Å². The number of amides is 1. The molecule has 0 spiro atoms. The lowest BCUT2D eigenvalue weighted by atomic mass is 9.87. The van der Waals surface area contributed by atoms with Gasteiger partial charge in [-0.1, -0.05) is 20.8 Å². The zero-order valence-corrected chi connectivity index (χ0v) is 17.5. The van der Waals surface area contributed by atoms with Crippen LogP contribution in [0.15, 0.2) is 29.2 Å².